The van der Waals surface area contributed by atoms with E-state index in [-0.39, 0.29) is 15.7 Å². The number of H-pyrrole nitrogens is 1. The molecule has 4 rings (SSSR count). The third-order valence-corrected chi connectivity index (χ3v) is 6.22. The molecule has 142 valence electrons. The summed E-state index contributed by atoms with van der Waals surface area (Å²) in [5, 5.41) is 12.5. The molecule has 28 heavy (non-hydrogen) atoms. The number of fused-ring (bicyclic) bond motifs is 1. The number of thiazole rings is 1. The molecule has 0 aliphatic carbocycles. The monoisotopic (exact) mass is 433 g/mol. The SMILES string of the molecule is O=C(Nc1ccc(S(=O)(=O)Nc2nccs2)cc1)c1n[nH]c2ccc(Cl)cc12. The van der Waals surface area contributed by atoms with Crippen LogP contribution in [0.2, 0.25) is 5.02 Å². The van der Waals surface area contributed by atoms with E-state index in [9.17, 15) is 13.2 Å². The van der Waals surface area contributed by atoms with Crippen LogP contribution in [0.5, 0.6) is 0 Å². The summed E-state index contributed by atoms with van der Waals surface area (Å²) in [5.74, 6) is -0.440. The fourth-order valence-electron chi connectivity index (χ4n) is 2.51. The fraction of sp³-hybridized carbons (Fsp3) is 0. The van der Waals surface area contributed by atoms with Crippen LogP contribution in [0.4, 0.5) is 10.8 Å². The van der Waals surface area contributed by atoms with Crippen LogP contribution in [0.15, 0.2) is 58.9 Å². The van der Waals surface area contributed by atoms with Gasteiger partial charge in [0.25, 0.3) is 15.9 Å². The Bertz CT molecular complexity index is 1250. The standard InChI is InChI=1S/C17H12ClN5O3S2/c18-10-1-6-14-13(9-10)15(22-21-14)16(24)20-11-2-4-12(5-3-11)28(25,26)23-17-19-7-8-27-17/h1-9H,(H,19,23)(H,20,24)(H,21,22). The number of aromatic nitrogens is 3. The molecule has 8 nitrogen and oxygen atoms in total. The molecule has 0 saturated heterocycles. The molecule has 2 heterocycles. The molecule has 0 saturated carbocycles. The Hall–Kier alpha value is -2.95. The minimum Gasteiger partial charge on any atom is -0.321 e. The van der Waals surface area contributed by atoms with Gasteiger partial charge in [0.05, 0.1) is 10.4 Å². The molecule has 0 radical (unpaired) electrons. The third kappa shape index (κ3) is 3.70. The van der Waals surface area contributed by atoms with Gasteiger partial charge >= 0.3 is 0 Å². The van der Waals surface area contributed by atoms with Crippen molar-refractivity contribution in [2.45, 2.75) is 4.90 Å². The number of carbonyl (C=O) groups excluding carboxylic acids is 1. The molecule has 2 aromatic heterocycles. The van der Waals surface area contributed by atoms with Crippen molar-refractivity contribution < 1.29 is 13.2 Å². The lowest BCUT2D eigenvalue weighted by atomic mass is 10.2. The second kappa shape index (κ2) is 7.23. The van der Waals surface area contributed by atoms with E-state index in [2.05, 4.69) is 25.2 Å². The number of halogens is 1. The normalized spacial score (nSPS) is 11.5. The largest absolute Gasteiger partial charge is 0.321 e. The second-order valence-electron chi connectivity index (χ2n) is 5.68. The lowest BCUT2D eigenvalue weighted by Crippen LogP contribution is -2.14. The average Bonchev–Trinajstić information content (AvgIpc) is 3.31. The topological polar surface area (TPSA) is 117 Å². The predicted molar refractivity (Wildman–Crippen MR) is 108 cm³/mol. The van der Waals surface area contributed by atoms with Gasteiger partial charge in [-0.3, -0.25) is 14.6 Å². The zero-order valence-corrected chi connectivity index (χ0v) is 16.4. The maximum absolute atomic E-state index is 12.5. The van der Waals surface area contributed by atoms with E-state index < -0.39 is 15.9 Å². The fourth-order valence-corrected chi connectivity index (χ4v) is 4.48. The predicted octanol–water partition coefficient (Wildman–Crippen LogP) is 3.73. The third-order valence-electron chi connectivity index (χ3n) is 3.82. The van der Waals surface area contributed by atoms with Gasteiger partial charge in [0.2, 0.25) is 0 Å². The van der Waals surface area contributed by atoms with E-state index in [1.54, 1.807) is 23.6 Å². The molecule has 4 aromatic rings. The second-order valence-corrected chi connectivity index (χ2v) is 8.70. The molecule has 0 aliphatic heterocycles. The number of rotatable bonds is 5. The minimum absolute atomic E-state index is 0.0534. The van der Waals surface area contributed by atoms with Crippen LogP contribution in [-0.4, -0.2) is 29.5 Å². The number of hydrogen-bond acceptors (Lipinski definition) is 6. The molecule has 2 aromatic carbocycles. The molecule has 0 aliphatic rings. The number of benzene rings is 2. The quantitative estimate of drug-likeness (QED) is 0.443. The summed E-state index contributed by atoms with van der Waals surface area (Å²) in [6, 6.07) is 10.9. The molecule has 0 unspecified atom stereocenters. The summed E-state index contributed by atoms with van der Waals surface area (Å²) in [6.45, 7) is 0. The van der Waals surface area contributed by atoms with Gasteiger partial charge < -0.3 is 5.32 Å². The van der Waals surface area contributed by atoms with Crippen molar-refractivity contribution in [3.8, 4) is 0 Å². The molecular formula is C17H12ClN5O3S2. The van der Waals surface area contributed by atoms with E-state index in [1.165, 1.54) is 41.8 Å². The van der Waals surface area contributed by atoms with Crippen molar-refractivity contribution in [2.24, 2.45) is 0 Å². The molecule has 0 atom stereocenters. The van der Waals surface area contributed by atoms with Gasteiger partial charge in [-0.2, -0.15) is 5.10 Å². The highest BCUT2D eigenvalue weighted by Crippen LogP contribution is 2.23. The van der Waals surface area contributed by atoms with Crippen molar-refractivity contribution in [3.63, 3.8) is 0 Å². The van der Waals surface area contributed by atoms with E-state index in [0.717, 1.165) is 0 Å². The zero-order valence-electron chi connectivity index (χ0n) is 14.0. The highest BCUT2D eigenvalue weighted by molar-refractivity contribution is 7.93. The number of carbonyl (C=O) groups is 1. The Balaban J connectivity index is 1.52. The van der Waals surface area contributed by atoms with E-state index in [0.29, 0.717) is 21.6 Å². The van der Waals surface area contributed by atoms with Crippen LogP contribution in [0.3, 0.4) is 0 Å². The first-order valence-electron chi connectivity index (χ1n) is 7.90. The summed E-state index contributed by atoms with van der Waals surface area (Å²) in [6.07, 6.45) is 1.51. The highest BCUT2D eigenvalue weighted by Gasteiger charge is 2.17. The summed E-state index contributed by atoms with van der Waals surface area (Å²) in [4.78, 5) is 16.5. The summed E-state index contributed by atoms with van der Waals surface area (Å²) in [7, 11) is -3.75. The van der Waals surface area contributed by atoms with Gasteiger partial charge in [-0.1, -0.05) is 11.6 Å². The Morgan fingerprint density at radius 1 is 1.14 bits per heavy atom. The first-order valence-corrected chi connectivity index (χ1v) is 10.6. The first kappa shape index (κ1) is 18.4. The summed E-state index contributed by atoms with van der Waals surface area (Å²) < 4.78 is 27.1. The first-order chi connectivity index (χ1) is 13.4. The number of sulfonamides is 1. The number of nitrogens with one attached hydrogen (secondary N) is 3. The Morgan fingerprint density at radius 3 is 2.64 bits per heavy atom. The minimum atomic E-state index is -3.75. The lowest BCUT2D eigenvalue weighted by molar-refractivity contribution is 0.102. The summed E-state index contributed by atoms with van der Waals surface area (Å²) in [5.41, 5.74) is 1.31. The molecule has 3 N–H and O–H groups in total. The average molecular weight is 434 g/mol. The van der Waals surface area contributed by atoms with E-state index >= 15 is 0 Å². The highest BCUT2D eigenvalue weighted by atomic mass is 35.5. The molecule has 0 spiro atoms. The van der Waals surface area contributed by atoms with Gasteiger partial charge in [-0.25, -0.2) is 13.4 Å². The van der Waals surface area contributed by atoms with Gasteiger partial charge in [-0.05, 0) is 42.5 Å². The van der Waals surface area contributed by atoms with E-state index in [4.69, 9.17) is 11.6 Å². The van der Waals surface area contributed by atoms with Crippen molar-refractivity contribution in [2.75, 3.05) is 10.0 Å². The van der Waals surface area contributed by atoms with Gasteiger partial charge in [0.1, 0.15) is 0 Å². The lowest BCUT2D eigenvalue weighted by Gasteiger charge is -2.07. The van der Waals surface area contributed by atoms with Crippen LogP contribution in [0.1, 0.15) is 10.5 Å². The maximum atomic E-state index is 12.5. The van der Waals surface area contributed by atoms with Crippen LogP contribution >= 0.6 is 22.9 Å². The number of hydrogen-bond donors (Lipinski definition) is 3. The Morgan fingerprint density at radius 2 is 1.93 bits per heavy atom. The van der Waals surface area contributed by atoms with Gasteiger partial charge in [0, 0.05) is 27.7 Å². The Labute approximate surface area is 168 Å². The van der Waals surface area contributed by atoms with Crippen molar-refractivity contribution >= 4 is 60.6 Å². The van der Waals surface area contributed by atoms with Crippen LogP contribution in [0.25, 0.3) is 10.9 Å². The smallest absolute Gasteiger partial charge is 0.276 e. The number of nitrogens with zero attached hydrogens (tertiary/aromatic N) is 2. The zero-order chi connectivity index (χ0) is 19.7. The van der Waals surface area contributed by atoms with Crippen molar-refractivity contribution in [1.82, 2.24) is 15.2 Å². The molecular weight excluding hydrogens is 422 g/mol. The molecule has 11 heteroatoms. The Kier molecular flexibility index (Phi) is 4.75. The number of amides is 1. The maximum Gasteiger partial charge on any atom is 0.276 e. The van der Waals surface area contributed by atoms with Crippen molar-refractivity contribution in [1.29, 1.82) is 0 Å². The van der Waals surface area contributed by atoms with Crippen LogP contribution in [0, 0.1) is 0 Å². The number of aromatic amines is 1. The van der Waals surface area contributed by atoms with Crippen LogP contribution in [-0.2, 0) is 10.0 Å². The molecule has 1 amide bonds. The summed E-state index contributed by atoms with van der Waals surface area (Å²) >= 11 is 7.16. The van der Waals surface area contributed by atoms with Gasteiger partial charge in [-0.15, -0.1) is 11.3 Å². The van der Waals surface area contributed by atoms with Crippen molar-refractivity contribution in [3.05, 3.63) is 64.8 Å². The number of anilines is 2. The molecule has 0 bridgehead atoms. The van der Waals surface area contributed by atoms with Gasteiger partial charge in [0.15, 0.2) is 10.8 Å². The van der Waals surface area contributed by atoms with Crippen LogP contribution < -0.4 is 10.0 Å². The van der Waals surface area contributed by atoms with E-state index in [1.807, 2.05) is 0 Å². The molecule has 0 fully saturated rings.